The summed E-state index contributed by atoms with van der Waals surface area (Å²) in [6.07, 6.45) is 4.96. The molecule has 0 amide bonds. The third kappa shape index (κ3) is 7.57. The number of aromatic nitrogens is 1. The van der Waals surface area contributed by atoms with Crippen molar-refractivity contribution in [2.75, 3.05) is 7.11 Å². The molecule has 5 N–H and O–H groups in total. The fourth-order valence-electron chi connectivity index (χ4n) is 1.30. The van der Waals surface area contributed by atoms with Crippen LogP contribution in [-0.4, -0.2) is 28.5 Å². The summed E-state index contributed by atoms with van der Waals surface area (Å²) in [6.45, 7) is 0. The maximum atomic E-state index is 7.72. The molecule has 0 fully saturated rings. The molecule has 0 saturated heterocycles. The Morgan fingerprint density at radius 1 is 1.32 bits per heavy atom. The van der Waals surface area contributed by atoms with Gasteiger partial charge in [0, 0.05) is 12.4 Å². The van der Waals surface area contributed by atoms with Gasteiger partial charge in [0.05, 0.1) is 18.9 Å². The summed E-state index contributed by atoms with van der Waals surface area (Å²) in [5, 5.41) is 11.6. The van der Waals surface area contributed by atoms with E-state index in [0.29, 0.717) is 11.3 Å². The Hall–Kier alpha value is -2.16. The SMILES string of the molecule is COc1cccc(C=NNC(N)=S)c1[OH2+].[Co+2].c1ccncc1. The van der Waals surface area contributed by atoms with Crippen LogP contribution in [0.5, 0.6) is 11.5 Å². The minimum atomic E-state index is 0. The number of rotatable bonds is 3. The predicted octanol–water partition coefficient (Wildman–Crippen LogP) is 1.38. The van der Waals surface area contributed by atoms with Gasteiger partial charge in [-0.1, -0.05) is 12.1 Å². The third-order valence-corrected chi connectivity index (χ3v) is 2.31. The zero-order valence-electron chi connectivity index (χ0n) is 11.8. The standard InChI is InChI=1S/C9H11N3O2S.C5H5N.Co/c1-14-7-4-2-3-6(8(7)13)5-11-12-9(10)15;1-2-4-6-5-3-1;/h2-5,13H,1H3,(H3,10,12,15);1-5H;/q;;+2/p+1. The number of para-hydroxylation sites is 1. The summed E-state index contributed by atoms with van der Waals surface area (Å²) >= 11 is 4.57. The number of hydrazone groups is 1. The van der Waals surface area contributed by atoms with Gasteiger partial charge in [-0.3, -0.25) is 10.4 Å². The van der Waals surface area contributed by atoms with Gasteiger partial charge >= 0.3 is 22.5 Å². The van der Waals surface area contributed by atoms with Crippen LogP contribution in [0.15, 0.2) is 53.9 Å². The summed E-state index contributed by atoms with van der Waals surface area (Å²) < 4.78 is 4.99. The number of hydrogen-bond donors (Lipinski definition) is 2. The number of benzene rings is 1. The van der Waals surface area contributed by atoms with E-state index in [-0.39, 0.29) is 27.6 Å². The van der Waals surface area contributed by atoms with Gasteiger partial charge in [0.15, 0.2) is 5.11 Å². The van der Waals surface area contributed by atoms with E-state index in [1.165, 1.54) is 13.3 Å². The van der Waals surface area contributed by atoms with Crippen LogP contribution < -0.4 is 15.9 Å². The van der Waals surface area contributed by atoms with Crippen molar-refractivity contribution in [1.82, 2.24) is 10.4 Å². The van der Waals surface area contributed by atoms with Gasteiger partial charge < -0.3 is 15.6 Å². The van der Waals surface area contributed by atoms with Crippen LogP contribution in [0.2, 0.25) is 0 Å². The Bertz CT molecular complexity index is 570. The van der Waals surface area contributed by atoms with Gasteiger partial charge in [0.1, 0.15) is 0 Å². The average molecular weight is 364 g/mol. The first kappa shape index (κ1) is 19.8. The summed E-state index contributed by atoms with van der Waals surface area (Å²) in [7, 11) is 1.52. The minimum Gasteiger partial charge on any atom is -0.590 e. The number of methoxy groups -OCH3 is 1. The quantitative estimate of drug-likeness (QED) is 0.371. The van der Waals surface area contributed by atoms with Crippen LogP contribution in [0.3, 0.4) is 0 Å². The number of nitrogens with one attached hydrogen (secondary N) is 1. The van der Waals surface area contributed by atoms with Gasteiger partial charge in [-0.2, -0.15) is 5.10 Å². The second kappa shape index (κ2) is 11.5. The van der Waals surface area contributed by atoms with E-state index in [0.717, 1.165) is 0 Å². The Kier molecular flexibility index (Phi) is 10.4. The number of pyridine rings is 1. The molecular formula is C14H17CoN4O2S+3. The normalized spacial score (nSPS) is 9.14. The molecule has 117 valence electrons. The van der Waals surface area contributed by atoms with Crippen molar-refractivity contribution in [3.63, 3.8) is 0 Å². The maximum absolute atomic E-state index is 7.72. The second-order valence-corrected chi connectivity index (χ2v) is 4.12. The number of thiocarbonyl (C=S) groups is 1. The number of ether oxygens (including phenoxy) is 1. The number of nitrogens with two attached hydrogens (primary N) is 1. The van der Waals surface area contributed by atoms with Crippen LogP contribution >= 0.6 is 12.2 Å². The summed E-state index contributed by atoms with van der Waals surface area (Å²) in [6, 6.07) is 10.9. The zero-order chi connectivity index (χ0) is 15.5. The van der Waals surface area contributed by atoms with E-state index in [4.69, 9.17) is 15.6 Å². The van der Waals surface area contributed by atoms with Gasteiger partial charge in [0.25, 0.3) is 0 Å². The van der Waals surface area contributed by atoms with Crippen LogP contribution in [0.4, 0.5) is 0 Å². The number of nitrogens with zero attached hydrogens (tertiary/aromatic N) is 2. The molecule has 1 radical (unpaired) electrons. The molecule has 0 aliphatic carbocycles. The molecule has 6 nitrogen and oxygen atoms in total. The van der Waals surface area contributed by atoms with Gasteiger partial charge in [-0.25, -0.2) is 0 Å². The first-order valence-corrected chi connectivity index (χ1v) is 6.38. The number of hydrogen-bond acceptors (Lipinski definition) is 4. The molecule has 1 aromatic heterocycles. The molecule has 0 spiro atoms. The molecule has 0 atom stereocenters. The summed E-state index contributed by atoms with van der Waals surface area (Å²) in [5.41, 5.74) is 8.22. The van der Waals surface area contributed by atoms with E-state index in [9.17, 15) is 0 Å². The molecule has 0 aliphatic heterocycles. The Morgan fingerprint density at radius 3 is 2.45 bits per heavy atom. The van der Waals surface area contributed by atoms with Crippen LogP contribution in [0.25, 0.3) is 0 Å². The van der Waals surface area contributed by atoms with Crippen molar-refractivity contribution in [3.05, 3.63) is 54.4 Å². The largest absolute Gasteiger partial charge is 2.00 e. The molecule has 22 heavy (non-hydrogen) atoms. The fraction of sp³-hybridized carbons (Fsp3) is 0.0714. The van der Waals surface area contributed by atoms with Crippen molar-refractivity contribution in [1.29, 1.82) is 0 Å². The smallest absolute Gasteiger partial charge is 0.590 e. The van der Waals surface area contributed by atoms with Gasteiger partial charge in [-0.15, -0.1) is 0 Å². The summed E-state index contributed by atoms with van der Waals surface area (Å²) in [4.78, 5) is 3.78. The van der Waals surface area contributed by atoms with Gasteiger partial charge in [0.2, 0.25) is 5.75 Å². The van der Waals surface area contributed by atoms with E-state index in [2.05, 4.69) is 27.7 Å². The van der Waals surface area contributed by atoms with Crippen molar-refractivity contribution in [3.8, 4) is 11.5 Å². The molecule has 0 saturated carbocycles. The Morgan fingerprint density at radius 2 is 2.00 bits per heavy atom. The minimum absolute atomic E-state index is 0. The Balaban J connectivity index is 0.000000529. The molecule has 1 heterocycles. The van der Waals surface area contributed by atoms with Crippen molar-refractivity contribution in [2.45, 2.75) is 0 Å². The van der Waals surface area contributed by atoms with E-state index in [1.807, 2.05) is 18.2 Å². The van der Waals surface area contributed by atoms with E-state index < -0.39 is 0 Å². The average Bonchev–Trinajstić information content (AvgIpc) is 2.51. The molecule has 0 bridgehead atoms. The van der Waals surface area contributed by atoms with Crippen molar-refractivity contribution < 1.29 is 26.6 Å². The van der Waals surface area contributed by atoms with Crippen molar-refractivity contribution in [2.24, 2.45) is 10.8 Å². The molecule has 1 aromatic carbocycles. The Labute approximate surface area is 144 Å². The van der Waals surface area contributed by atoms with Crippen LogP contribution in [-0.2, 0) is 16.8 Å². The van der Waals surface area contributed by atoms with Crippen LogP contribution in [0, 0.1) is 0 Å². The van der Waals surface area contributed by atoms with Crippen molar-refractivity contribution >= 4 is 23.5 Å². The molecule has 0 aliphatic rings. The summed E-state index contributed by atoms with van der Waals surface area (Å²) in [5.74, 6) is 0.766. The van der Waals surface area contributed by atoms with E-state index >= 15 is 0 Å². The zero-order valence-corrected chi connectivity index (χ0v) is 13.7. The molecule has 8 heteroatoms. The second-order valence-electron chi connectivity index (χ2n) is 3.68. The van der Waals surface area contributed by atoms with Crippen LogP contribution in [0.1, 0.15) is 5.56 Å². The molecule has 2 aromatic rings. The van der Waals surface area contributed by atoms with E-state index in [1.54, 1.807) is 30.6 Å². The fourth-order valence-corrected chi connectivity index (χ4v) is 1.36. The first-order valence-electron chi connectivity index (χ1n) is 5.97. The third-order valence-electron chi connectivity index (χ3n) is 2.22. The first-order chi connectivity index (χ1) is 10.1. The molecular weight excluding hydrogens is 347 g/mol. The molecule has 2 rings (SSSR count). The molecule has 0 unspecified atom stereocenters. The van der Waals surface area contributed by atoms with Gasteiger partial charge in [-0.05, 0) is 36.5 Å². The monoisotopic (exact) mass is 364 g/mol. The topological polar surface area (TPSA) is 95.4 Å². The predicted molar refractivity (Wildman–Crippen MR) is 87.8 cm³/mol. The maximum Gasteiger partial charge on any atom is 2.00 e.